The smallest absolute Gasteiger partial charge is 0.262 e. The van der Waals surface area contributed by atoms with E-state index in [2.05, 4.69) is 22.2 Å². The first kappa shape index (κ1) is 17.7. The van der Waals surface area contributed by atoms with Gasteiger partial charge in [-0.25, -0.2) is 4.98 Å². The summed E-state index contributed by atoms with van der Waals surface area (Å²) in [5.41, 5.74) is 0.876. The van der Waals surface area contributed by atoms with Gasteiger partial charge in [0.2, 0.25) is 5.71 Å². The van der Waals surface area contributed by atoms with Crippen LogP contribution in [0.25, 0.3) is 11.1 Å². The number of carbonyl (C=O) groups is 1. The molecule has 3 aromatic rings. The maximum absolute atomic E-state index is 12.6. The van der Waals surface area contributed by atoms with Gasteiger partial charge in [-0.3, -0.25) is 9.59 Å². The maximum Gasteiger partial charge on any atom is 0.262 e. The summed E-state index contributed by atoms with van der Waals surface area (Å²) < 4.78 is 11.1. The topological polar surface area (TPSA) is 97.2 Å². The van der Waals surface area contributed by atoms with Gasteiger partial charge in [-0.1, -0.05) is 25.5 Å². The van der Waals surface area contributed by atoms with Gasteiger partial charge >= 0.3 is 0 Å². The molecule has 0 saturated carbocycles. The van der Waals surface area contributed by atoms with Crippen molar-refractivity contribution in [1.82, 2.24) is 15.3 Å². The van der Waals surface area contributed by atoms with E-state index in [1.165, 1.54) is 6.33 Å². The van der Waals surface area contributed by atoms with Gasteiger partial charge < -0.3 is 19.5 Å². The molecule has 0 bridgehead atoms. The van der Waals surface area contributed by atoms with Crippen molar-refractivity contribution >= 4 is 17.0 Å². The zero-order valence-electron chi connectivity index (χ0n) is 14.8. The van der Waals surface area contributed by atoms with Crippen LogP contribution in [0.1, 0.15) is 41.4 Å². The van der Waals surface area contributed by atoms with Gasteiger partial charge in [0.15, 0.2) is 0 Å². The lowest BCUT2D eigenvalue weighted by Gasteiger charge is -2.08. The normalized spacial score (nSPS) is 10.8. The number of H-pyrrole nitrogens is 1. The van der Waals surface area contributed by atoms with Crippen LogP contribution in [0.5, 0.6) is 5.75 Å². The number of benzene rings is 1. The van der Waals surface area contributed by atoms with Crippen molar-refractivity contribution in [2.75, 3.05) is 6.61 Å². The first-order valence-corrected chi connectivity index (χ1v) is 8.57. The minimum Gasteiger partial charge on any atom is -0.494 e. The van der Waals surface area contributed by atoms with Gasteiger partial charge in [0, 0.05) is 6.54 Å². The molecule has 1 amide bonds. The summed E-state index contributed by atoms with van der Waals surface area (Å²) in [5.74, 6) is 0.756. The van der Waals surface area contributed by atoms with Gasteiger partial charge in [-0.05, 0) is 31.0 Å². The van der Waals surface area contributed by atoms with Gasteiger partial charge in [-0.2, -0.15) is 0 Å². The predicted molar refractivity (Wildman–Crippen MR) is 97.4 cm³/mol. The Bertz CT molecular complexity index is 974. The molecule has 0 aliphatic carbocycles. The van der Waals surface area contributed by atoms with E-state index in [0.717, 1.165) is 24.2 Å². The zero-order valence-corrected chi connectivity index (χ0v) is 14.8. The summed E-state index contributed by atoms with van der Waals surface area (Å²) >= 11 is 0. The monoisotopic (exact) mass is 355 g/mol. The Morgan fingerprint density at radius 3 is 3.04 bits per heavy atom. The van der Waals surface area contributed by atoms with E-state index in [9.17, 15) is 9.59 Å². The number of unbranched alkanes of at least 4 members (excludes halogenated alkanes) is 1. The molecule has 0 aliphatic heterocycles. The number of nitrogens with zero attached hydrogens (tertiary/aromatic N) is 1. The molecule has 0 atom stereocenters. The largest absolute Gasteiger partial charge is 0.494 e. The van der Waals surface area contributed by atoms with E-state index in [0.29, 0.717) is 18.9 Å². The highest BCUT2D eigenvalue weighted by Crippen LogP contribution is 2.20. The van der Waals surface area contributed by atoms with Crippen molar-refractivity contribution in [2.24, 2.45) is 0 Å². The van der Waals surface area contributed by atoms with Gasteiger partial charge in [0.05, 0.1) is 18.5 Å². The van der Waals surface area contributed by atoms with Crippen molar-refractivity contribution in [2.45, 2.75) is 33.2 Å². The molecule has 0 fully saturated rings. The maximum atomic E-state index is 12.6. The molecule has 0 saturated heterocycles. The lowest BCUT2D eigenvalue weighted by atomic mass is 10.1. The third kappa shape index (κ3) is 3.77. The van der Waals surface area contributed by atoms with Crippen LogP contribution in [0.4, 0.5) is 0 Å². The number of hydrogen-bond donors (Lipinski definition) is 2. The fraction of sp³-hybridized carbons (Fsp3) is 0.316. The number of furan rings is 1. The van der Waals surface area contributed by atoms with Crippen LogP contribution in [-0.2, 0) is 6.54 Å². The van der Waals surface area contributed by atoms with Crippen LogP contribution in [0.2, 0.25) is 0 Å². The number of carbonyl (C=O) groups excluding carboxylic acids is 1. The molecule has 26 heavy (non-hydrogen) atoms. The molecule has 0 unspecified atom stereocenters. The molecule has 7 nitrogen and oxygen atoms in total. The predicted octanol–water partition coefficient (Wildman–Crippen LogP) is 2.93. The number of aromatic nitrogens is 2. The number of hydrogen-bond acceptors (Lipinski definition) is 5. The Balaban J connectivity index is 1.73. The molecule has 7 heteroatoms. The quantitative estimate of drug-likeness (QED) is 0.635. The molecule has 0 aliphatic rings. The SMILES string of the molecule is CCCCOc1cccc(CNC(=O)c2c(C)oc3nc[nH]c(=O)c23)c1. The third-order valence-electron chi connectivity index (χ3n) is 4.02. The Morgan fingerprint density at radius 1 is 1.38 bits per heavy atom. The van der Waals surface area contributed by atoms with Crippen LogP contribution in [0.3, 0.4) is 0 Å². The van der Waals surface area contributed by atoms with Crippen molar-refractivity contribution < 1.29 is 13.9 Å². The molecule has 2 aromatic heterocycles. The van der Waals surface area contributed by atoms with Crippen LogP contribution in [0.15, 0.2) is 39.8 Å². The molecule has 1 aromatic carbocycles. The molecule has 136 valence electrons. The Kier molecular flexibility index (Phi) is 5.36. The number of amides is 1. The fourth-order valence-electron chi connectivity index (χ4n) is 2.68. The standard InChI is InChI=1S/C19H21N3O4/c1-3-4-8-25-14-7-5-6-13(9-14)10-20-17(23)15-12(2)26-19-16(15)18(24)21-11-22-19/h5-7,9,11H,3-4,8,10H2,1-2H3,(H,20,23)(H,21,22,24). The highest BCUT2D eigenvalue weighted by Gasteiger charge is 2.21. The molecule has 2 N–H and O–H groups in total. The van der Waals surface area contributed by atoms with E-state index in [1.54, 1.807) is 6.92 Å². The number of ether oxygens (including phenoxy) is 1. The minimum atomic E-state index is -0.400. The average molecular weight is 355 g/mol. The number of rotatable bonds is 7. The van der Waals surface area contributed by atoms with Crippen LogP contribution < -0.4 is 15.6 Å². The molecule has 0 spiro atoms. The number of fused-ring (bicyclic) bond motifs is 1. The van der Waals surface area contributed by atoms with Gasteiger partial charge in [0.1, 0.15) is 16.9 Å². The van der Waals surface area contributed by atoms with Crippen LogP contribution in [0, 0.1) is 6.92 Å². The van der Waals surface area contributed by atoms with Crippen LogP contribution >= 0.6 is 0 Å². The first-order valence-electron chi connectivity index (χ1n) is 8.57. The summed E-state index contributed by atoms with van der Waals surface area (Å²) in [7, 11) is 0. The van der Waals surface area contributed by atoms with E-state index in [-0.39, 0.29) is 22.6 Å². The van der Waals surface area contributed by atoms with Crippen LogP contribution in [-0.4, -0.2) is 22.5 Å². The zero-order chi connectivity index (χ0) is 18.5. The van der Waals surface area contributed by atoms with Crippen molar-refractivity contribution in [3.05, 3.63) is 57.8 Å². The Hall–Kier alpha value is -3.09. The molecular weight excluding hydrogens is 334 g/mol. The summed E-state index contributed by atoms with van der Waals surface area (Å²) in [4.78, 5) is 31.0. The lowest BCUT2D eigenvalue weighted by molar-refractivity contribution is 0.0950. The first-order chi connectivity index (χ1) is 12.6. The average Bonchev–Trinajstić information content (AvgIpc) is 2.98. The molecular formula is C19H21N3O4. The second-order valence-electron chi connectivity index (χ2n) is 5.98. The van der Waals surface area contributed by atoms with E-state index in [4.69, 9.17) is 9.15 Å². The third-order valence-corrected chi connectivity index (χ3v) is 4.02. The molecule has 0 radical (unpaired) electrons. The summed E-state index contributed by atoms with van der Waals surface area (Å²) in [6, 6.07) is 7.57. The number of aromatic amines is 1. The van der Waals surface area contributed by atoms with Gasteiger partial charge in [-0.15, -0.1) is 0 Å². The molecule has 3 rings (SSSR count). The Labute approximate surface area is 150 Å². The van der Waals surface area contributed by atoms with Crippen molar-refractivity contribution in [3.63, 3.8) is 0 Å². The van der Waals surface area contributed by atoms with E-state index < -0.39 is 5.56 Å². The fourth-order valence-corrected chi connectivity index (χ4v) is 2.68. The van der Waals surface area contributed by atoms with E-state index >= 15 is 0 Å². The van der Waals surface area contributed by atoms with E-state index in [1.807, 2.05) is 24.3 Å². The minimum absolute atomic E-state index is 0.155. The summed E-state index contributed by atoms with van der Waals surface area (Å²) in [6.07, 6.45) is 3.32. The highest BCUT2D eigenvalue weighted by atomic mass is 16.5. The number of nitrogens with one attached hydrogen (secondary N) is 2. The summed E-state index contributed by atoms with van der Waals surface area (Å²) in [6.45, 7) is 4.73. The summed E-state index contributed by atoms with van der Waals surface area (Å²) in [5, 5.41) is 2.99. The molecule has 2 heterocycles. The van der Waals surface area contributed by atoms with Crippen molar-refractivity contribution in [1.29, 1.82) is 0 Å². The van der Waals surface area contributed by atoms with Gasteiger partial charge in [0.25, 0.3) is 11.5 Å². The second kappa shape index (κ2) is 7.86. The second-order valence-corrected chi connectivity index (χ2v) is 5.98. The lowest BCUT2D eigenvalue weighted by Crippen LogP contribution is -2.24. The number of aryl methyl sites for hydroxylation is 1. The highest BCUT2D eigenvalue weighted by molar-refractivity contribution is 6.06. The van der Waals surface area contributed by atoms with Crippen molar-refractivity contribution in [3.8, 4) is 5.75 Å². The Morgan fingerprint density at radius 2 is 2.23 bits per heavy atom.